The van der Waals surface area contributed by atoms with Crippen LogP contribution in [0.15, 0.2) is 16.7 Å². The topological polar surface area (TPSA) is 68.1 Å². The van der Waals surface area contributed by atoms with Crippen molar-refractivity contribution in [2.45, 2.75) is 5.51 Å². The van der Waals surface area contributed by atoms with Crippen LogP contribution >= 0.6 is 27.7 Å². The van der Waals surface area contributed by atoms with Gasteiger partial charge in [0, 0.05) is 29.0 Å². The summed E-state index contributed by atoms with van der Waals surface area (Å²) in [6, 6.07) is 1.23. The van der Waals surface area contributed by atoms with Crippen LogP contribution in [0.1, 0.15) is 0 Å². The number of hydrogen-bond donors (Lipinski definition) is 1. The normalized spacial score (nSPS) is 11.3. The summed E-state index contributed by atoms with van der Waals surface area (Å²) in [7, 11) is 0. The number of nitro groups is 1. The minimum atomic E-state index is -4.30. The number of nitrogens with one attached hydrogen (secondary N) is 1. The van der Waals surface area contributed by atoms with Crippen molar-refractivity contribution in [2.75, 3.05) is 17.6 Å². The van der Waals surface area contributed by atoms with Crippen molar-refractivity contribution >= 4 is 39.2 Å². The number of rotatable bonds is 5. The molecule has 0 aliphatic rings. The molecule has 0 saturated carbocycles. The Morgan fingerprint density at radius 1 is 1.56 bits per heavy atom. The van der Waals surface area contributed by atoms with E-state index in [-0.39, 0.29) is 35.6 Å². The van der Waals surface area contributed by atoms with E-state index in [1.54, 1.807) is 0 Å². The molecule has 1 heterocycles. The predicted octanol–water partition coefficient (Wildman–Crippen LogP) is 3.42. The van der Waals surface area contributed by atoms with Crippen LogP contribution in [-0.4, -0.2) is 27.7 Å². The maximum Gasteiger partial charge on any atom is 0.441 e. The highest BCUT2D eigenvalue weighted by Crippen LogP contribution is 2.30. The summed E-state index contributed by atoms with van der Waals surface area (Å²) in [5.74, 6) is -0.302. The van der Waals surface area contributed by atoms with E-state index in [9.17, 15) is 23.3 Å². The number of nitrogens with zero attached hydrogens (tertiary/aromatic N) is 2. The molecule has 1 aromatic rings. The van der Waals surface area contributed by atoms with Crippen molar-refractivity contribution in [2.24, 2.45) is 0 Å². The van der Waals surface area contributed by atoms with E-state index >= 15 is 0 Å². The third kappa shape index (κ3) is 5.08. The highest BCUT2D eigenvalue weighted by atomic mass is 79.9. The van der Waals surface area contributed by atoms with Gasteiger partial charge in [0.25, 0.3) is 0 Å². The van der Waals surface area contributed by atoms with Gasteiger partial charge < -0.3 is 5.32 Å². The van der Waals surface area contributed by atoms with Crippen LogP contribution < -0.4 is 5.32 Å². The number of halogens is 4. The average Bonchev–Trinajstić information content (AvgIpc) is 2.24. The fourth-order valence-corrected chi connectivity index (χ4v) is 1.79. The van der Waals surface area contributed by atoms with Crippen LogP contribution in [0.3, 0.4) is 0 Å². The Labute approximate surface area is 112 Å². The molecule has 0 spiro atoms. The first-order valence-corrected chi connectivity index (χ1v) is 6.32. The molecule has 18 heavy (non-hydrogen) atoms. The third-order valence-corrected chi connectivity index (χ3v) is 2.86. The molecule has 0 atom stereocenters. The van der Waals surface area contributed by atoms with Crippen LogP contribution in [0.5, 0.6) is 0 Å². The summed E-state index contributed by atoms with van der Waals surface area (Å²) in [4.78, 5) is 13.8. The fourth-order valence-electron chi connectivity index (χ4n) is 1.04. The lowest BCUT2D eigenvalue weighted by molar-refractivity contribution is -0.384. The summed E-state index contributed by atoms with van der Waals surface area (Å²) in [5.41, 5.74) is -4.60. The molecule has 0 bridgehead atoms. The van der Waals surface area contributed by atoms with Gasteiger partial charge in [0.1, 0.15) is 0 Å². The molecule has 1 rings (SSSR count). The SMILES string of the molecule is O=[N+]([O-])c1cc(Br)cnc1NCCSC(F)(F)F. The van der Waals surface area contributed by atoms with E-state index in [4.69, 9.17) is 0 Å². The first-order valence-electron chi connectivity index (χ1n) is 4.54. The molecule has 100 valence electrons. The zero-order valence-corrected chi connectivity index (χ0v) is 11.1. The maximum absolute atomic E-state index is 11.8. The minimum absolute atomic E-state index is 0.0500. The van der Waals surface area contributed by atoms with E-state index in [2.05, 4.69) is 26.2 Å². The van der Waals surface area contributed by atoms with Crippen molar-refractivity contribution in [1.82, 2.24) is 4.98 Å². The van der Waals surface area contributed by atoms with Crippen LogP contribution in [0.4, 0.5) is 24.7 Å². The second-order valence-electron chi connectivity index (χ2n) is 3.00. The highest BCUT2D eigenvalue weighted by molar-refractivity contribution is 9.10. The molecular weight excluding hydrogens is 339 g/mol. The van der Waals surface area contributed by atoms with Gasteiger partial charge in [0.15, 0.2) is 0 Å². The average molecular weight is 346 g/mol. The van der Waals surface area contributed by atoms with E-state index in [0.29, 0.717) is 4.47 Å². The molecule has 0 fully saturated rings. The van der Waals surface area contributed by atoms with Crippen LogP contribution in [-0.2, 0) is 0 Å². The van der Waals surface area contributed by atoms with E-state index in [0.717, 1.165) is 0 Å². The summed E-state index contributed by atoms with van der Waals surface area (Å²) in [6.45, 7) is -0.0698. The molecule has 0 unspecified atom stereocenters. The van der Waals surface area contributed by atoms with Crippen molar-refractivity contribution in [3.05, 3.63) is 26.9 Å². The van der Waals surface area contributed by atoms with Crippen LogP contribution in [0.2, 0.25) is 0 Å². The molecule has 0 radical (unpaired) electrons. The zero-order valence-electron chi connectivity index (χ0n) is 8.70. The Hall–Kier alpha value is -1.03. The third-order valence-electron chi connectivity index (χ3n) is 1.69. The largest absolute Gasteiger partial charge is 0.441 e. The molecule has 0 aromatic carbocycles. The summed E-state index contributed by atoms with van der Waals surface area (Å²) >= 11 is 2.83. The van der Waals surface area contributed by atoms with Gasteiger partial charge >= 0.3 is 11.2 Å². The number of alkyl halides is 3. The predicted molar refractivity (Wildman–Crippen MR) is 65.6 cm³/mol. The maximum atomic E-state index is 11.8. The second-order valence-corrected chi connectivity index (χ2v) is 5.07. The molecule has 10 heteroatoms. The number of pyridine rings is 1. The van der Waals surface area contributed by atoms with E-state index in [1.165, 1.54) is 12.3 Å². The fraction of sp³-hybridized carbons (Fsp3) is 0.375. The molecular formula is C8H7BrF3N3O2S. The van der Waals surface area contributed by atoms with Gasteiger partial charge in [0.2, 0.25) is 5.82 Å². The van der Waals surface area contributed by atoms with Crippen molar-refractivity contribution in [3.8, 4) is 0 Å². The van der Waals surface area contributed by atoms with Crippen molar-refractivity contribution in [1.29, 1.82) is 0 Å². The van der Waals surface area contributed by atoms with Gasteiger partial charge in [-0.25, -0.2) is 4.98 Å². The van der Waals surface area contributed by atoms with E-state index < -0.39 is 10.4 Å². The molecule has 0 aliphatic heterocycles. The van der Waals surface area contributed by atoms with Gasteiger partial charge in [-0.1, -0.05) is 0 Å². The van der Waals surface area contributed by atoms with Crippen molar-refractivity contribution in [3.63, 3.8) is 0 Å². The zero-order chi connectivity index (χ0) is 13.8. The molecule has 1 aromatic heterocycles. The number of hydrogen-bond acceptors (Lipinski definition) is 5. The van der Waals surface area contributed by atoms with Gasteiger partial charge in [-0.15, -0.1) is 0 Å². The number of anilines is 1. The Balaban J connectivity index is 2.59. The van der Waals surface area contributed by atoms with Crippen LogP contribution in [0.25, 0.3) is 0 Å². The first-order chi connectivity index (χ1) is 8.29. The Morgan fingerprint density at radius 2 is 2.22 bits per heavy atom. The van der Waals surface area contributed by atoms with Gasteiger partial charge in [-0.2, -0.15) is 13.2 Å². The van der Waals surface area contributed by atoms with Crippen molar-refractivity contribution < 1.29 is 18.1 Å². The molecule has 0 aliphatic carbocycles. The Morgan fingerprint density at radius 3 is 2.78 bits per heavy atom. The van der Waals surface area contributed by atoms with Gasteiger partial charge in [-0.05, 0) is 27.7 Å². The lowest BCUT2D eigenvalue weighted by atomic mass is 10.4. The summed E-state index contributed by atoms with van der Waals surface area (Å²) < 4.78 is 36.0. The van der Waals surface area contributed by atoms with E-state index in [1.807, 2.05) is 0 Å². The molecule has 5 nitrogen and oxygen atoms in total. The van der Waals surface area contributed by atoms with Gasteiger partial charge in [0.05, 0.1) is 4.92 Å². The Kier molecular flexibility index (Phi) is 5.20. The lowest BCUT2D eigenvalue weighted by Gasteiger charge is -2.07. The minimum Gasteiger partial charge on any atom is -0.364 e. The lowest BCUT2D eigenvalue weighted by Crippen LogP contribution is -2.11. The highest BCUT2D eigenvalue weighted by Gasteiger charge is 2.27. The van der Waals surface area contributed by atoms with Gasteiger partial charge in [-0.3, -0.25) is 10.1 Å². The summed E-state index contributed by atoms with van der Waals surface area (Å²) in [5, 5.41) is 13.2. The quantitative estimate of drug-likeness (QED) is 0.503. The smallest absolute Gasteiger partial charge is 0.364 e. The molecule has 1 N–H and O–H groups in total. The molecule has 0 amide bonds. The number of thioether (sulfide) groups is 1. The Bertz CT molecular complexity index is 444. The number of aromatic nitrogens is 1. The van der Waals surface area contributed by atoms with Crippen LogP contribution in [0, 0.1) is 10.1 Å². The first kappa shape index (κ1) is 15.0. The monoisotopic (exact) mass is 345 g/mol. The second kappa shape index (κ2) is 6.23. The summed E-state index contributed by atoms with van der Waals surface area (Å²) in [6.07, 6.45) is 1.33. The standard InChI is InChI=1S/C8H7BrF3N3O2S/c9-5-3-6(15(16)17)7(14-4-5)13-1-2-18-8(10,11)12/h3-4H,1-2H2,(H,13,14). The molecule has 0 saturated heterocycles.